The first kappa shape index (κ1) is 19.6. The molecular weight excluding hydrogens is 422 g/mol. The first-order valence-corrected chi connectivity index (χ1v) is 9.41. The second-order valence-corrected chi connectivity index (χ2v) is 6.87. The molecule has 0 aromatic heterocycles. The molecule has 0 aliphatic rings. The smallest absolute Gasteiger partial charge is 0.310 e. The number of halogens is 1. The van der Waals surface area contributed by atoms with Crippen molar-refractivity contribution >= 4 is 33.5 Å². The van der Waals surface area contributed by atoms with E-state index in [4.69, 9.17) is 9.47 Å². The van der Waals surface area contributed by atoms with Gasteiger partial charge in [0.1, 0.15) is 11.5 Å². The molecule has 0 saturated heterocycles. The van der Waals surface area contributed by atoms with E-state index in [1.165, 1.54) is 0 Å². The summed E-state index contributed by atoms with van der Waals surface area (Å²) in [6, 6.07) is 23.7. The second kappa shape index (κ2) is 9.71. The van der Waals surface area contributed by atoms with E-state index >= 15 is 0 Å². The van der Waals surface area contributed by atoms with Gasteiger partial charge in [0.2, 0.25) is 0 Å². The van der Waals surface area contributed by atoms with Crippen molar-refractivity contribution in [2.24, 2.45) is 0 Å². The number of benzene rings is 3. The van der Waals surface area contributed by atoms with Crippen LogP contribution in [0.4, 0.5) is 5.69 Å². The fourth-order valence-electron chi connectivity index (χ4n) is 2.43. The fraction of sp³-hybridized carbons (Fsp3) is 0.0909. The van der Waals surface area contributed by atoms with Crippen molar-refractivity contribution < 1.29 is 19.1 Å². The van der Waals surface area contributed by atoms with Gasteiger partial charge in [-0.2, -0.15) is 0 Å². The summed E-state index contributed by atoms with van der Waals surface area (Å²) in [5, 5.41) is 2.69. The summed E-state index contributed by atoms with van der Waals surface area (Å²) in [7, 11) is 0. The van der Waals surface area contributed by atoms with E-state index in [9.17, 15) is 9.59 Å². The SMILES string of the molecule is O=C(COC(=O)Cc1ccc(Br)cc1)Nc1cccc(Oc2ccccc2)c1. The molecule has 0 fully saturated rings. The van der Waals surface area contributed by atoms with Crippen LogP contribution in [-0.2, 0) is 20.7 Å². The van der Waals surface area contributed by atoms with Crippen molar-refractivity contribution in [3.05, 3.63) is 88.9 Å². The van der Waals surface area contributed by atoms with Gasteiger partial charge in [0.15, 0.2) is 6.61 Å². The first-order chi connectivity index (χ1) is 13.6. The van der Waals surface area contributed by atoms with Gasteiger partial charge < -0.3 is 14.8 Å². The predicted molar refractivity (Wildman–Crippen MR) is 110 cm³/mol. The number of hydrogen-bond donors (Lipinski definition) is 1. The molecule has 0 unspecified atom stereocenters. The Morgan fingerprint density at radius 2 is 1.57 bits per heavy atom. The molecule has 0 bridgehead atoms. The molecule has 0 radical (unpaired) electrons. The molecule has 6 heteroatoms. The maximum Gasteiger partial charge on any atom is 0.310 e. The minimum Gasteiger partial charge on any atom is -0.457 e. The predicted octanol–water partition coefficient (Wildman–Crippen LogP) is 4.97. The lowest BCUT2D eigenvalue weighted by Gasteiger charge is -2.09. The highest BCUT2D eigenvalue weighted by Crippen LogP contribution is 2.23. The fourth-order valence-corrected chi connectivity index (χ4v) is 2.69. The molecule has 1 amide bonds. The molecular formula is C22H18BrNO4. The number of amides is 1. The largest absolute Gasteiger partial charge is 0.457 e. The van der Waals surface area contributed by atoms with Gasteiger partial charge in [-0.25, -0.2) is 0 Å². The lowest BCUT2D eigenvalue weighted by atomic mass is 10.2. The Labute approximate surface area is 171 Å². The second-order valence-electron chi connectivity index (χ2n) is 5.96. The van der Waals surface area contributed by atoms with Gasteiger partial charge in [0.05, 0.1) is 6.42 Å². The Balaban J connectivity index is 1.48. The monoisotopic (exact) mass is 439 g/mol. The number of nitrogens with one attached hydrogen (secondary N) is 1. The molecule has 5 nitrogen and oxygen atoms in total. The highest BCUT2D eigenvalue weighted by molar-refractivity contribution is 9.10. The Morgan fingerprint density at radius 1 is 0.857 bits per heavy atom. The van der Waals surface area contributed by atoms with Gasteiger partial charge in [0.25, 0.3) is 5.91 Å². The third kappa shape index (κ3) is 6.25. The standard InChI is InChI=1S/C22H18BrNO4/c23-17-11-9-16(10-12-17)13-22(26)27-15-21(25)24-18-5-4-8-20(14-18)28-19-6-2-1-3-7-19/h1-12,14H,13,15H2,(H,24,25). The summed E-state index contributed by atoms with van der Waals surface area (Å²) in [4.78, 5) is 23.9. The van der Waals surface area contributed by atoms with E-state index < -0.39 is 11.9 Å². The number of para-hydroxylation sites is 1. The van der Waals surface area contributed by atoms with Crippen LogP contribution in [0.15, 0.2) is 83.3 Å². The van der Waals surface area contributed by atoms with Crippen LogP contribution in [0.2, 0.25) is 0 Å². The zero-order valence-electron chi connectivity index (χ0n) is 14.9. The molecule has 1 N–H and O–H groups in total. The number of carbonyl (C=O) groups is 2. The van der Waals surface area contributed by atoms with Crippen LogP contribution in [-0.4, -0.2) is 18.5 Å². The molecule has 0 saturated carbocycles. The number of carbonyl (C=O) groups excluding carboxylic acids is 2. The minimum atomic E-state index is -0.460. The van der Waals surface area contributed by atoms with Crippen LogP contribution in [0.5, 0.6) is 11.5 Å². The van der Waals surface area contributed by atoms with Crippen LogP contribution in [0, 0.1) is 0 Å². The van der Waals surface area contributed by atoms with Crippen molar-refractivity contribution in [2.75, 3.05) is 11.9 Å². The zero-order valence-corrected chi connectivity index (χ0v) is 16.5. The molecule has 0 aliphatic heterocycles. The summed E-state index contributed by atoms with van der Waals surface area (Å²) in [6.45, 7) is -0.348. The summed E-state index contributed by atoms with van der Waals surface area (Å²) >= 11 is 3.34. The highest BCUT2D eigenvalue weighted by atomic mass is 79.9. The summed E-state index contributed by atoms with van der Waals surface area (Å²) in [5.41, 5.74) is 1.38. The molecule has 28 heavy (non-hydrogen) atoms. The molecule has 0 aliphatic carbocycles. The lowest BCUT2D eigenvalue weighted by molar-refractivity contribution is -0.146. The Morgan fingerprint density at radius 3 is 2.32 bits per heavy atom. The van der Waals surface area contributed by atoms with Crippen molar-refractivity contribution in [1.82, 2.24) is 0 Å². The van der Waals surface area contributed by atoms with Crippen molar-refractivity contribution in [3.63, 3.8) is 0 Å². The average Bonchev–Trinajstić information content (AvgIpc) is 2.69. The third-order valence-corrected chi connectivity index (χ3v) is 4.25. The Kier molecular flexibility index (Phi) is 6.81. The van der Waals surface area contributed by atoms with Crippen LogP contribution >= 0.6 is 15.9 Å². The number of rotatable bonds is 7. The van der Waals surface area contributed by atoms with Gasteiger partial charge in [-0.05, 0) is 42.0 Å². The normalized spacial score (nSPS) is 10.2. The van der Waals surface area contributed by atoms with Gasteiger partial charge in [-0.3, -0.25) is 9.59 Å². The number of esters is 1. The maximum atomic E-state index is 12.0. The molecule has 0 spiro atoms. The van der Waals surface area contributed by atoms with E-state index in [2.05, 4.69) is 21.2 Å². The molecule has 0 heterocycles. The first-order valence-electron chi connectivity index (χ1n) is 8.61. The van der Waals surface area contributed by atoms with Crippen molar-refractivity contribution in [3.8, 4) is 11.5 Å². The van der Waals surface area contributed by atoms with Crippen LogP contribution in [0.1, 0.15) is 5.56 Å². The van der Waals surface area contributed by atoms with E-state index in [1.54, 1.807) is 24.3 Å². The lowest BCUT2D eigenvalue weighted by Crippen LogP contribution is -2.21. The number of hydrogen-bond acceptors (Lipinski definition) is 4. The quantitative estimate of drug-likeness (QED) is 0.528. The Hall–Kier alpha value is -3.12. The van der Waals surface area contributed by atoms with Crippen molar-refractivity contribution in [2.45, 2.75) is 6.42 Å². The number of anilines is 1. The molecule has 3 aromatic rings. The third-order valence-electron chi connectivity index (χ3n) is 3.72. The van der Waals surface area contributed by atoms with Crippen molar-refractivity contribution in [1.29, 1.82) is 0 Å². The Bertz CT molecular complexity index is 942. The zero-order chi connectivity index (χ0) is 19.8. The van der Waals surface area contributed by atoms with Gasteiger partial charge in [-0.15, -0.1) is 0 Å². The molecule has 0 atom stereocenters. The topological polar surface area (TPSA) is 64.6 Å². The molecule has 142 valence electrons. The van der Waals surface area contributed by atoms with Crippen LogP contribution < -0.4 is 10.1 Å². The summed E-state index contributed by atoms with van der Waals surface area (Å²) in [6.07, 6.45) is 0.112. The summed E-state index contributed by atoms with van der Waals surface area (Å²) < 4.78 is 11.7. The van der Waals surface area contributed by atoms with Crippen LogP contribution in [0.25, 0.3) is 0 Å². The van der Waals surface area contributed by atoms with Crippen LogP contribution in [0.3, 0.4) is 0 Å². The minimum absolute atomic E-state index is 0.112. The molecule has 3 aromatic carbocycles. The van der Waals surface area contributed by atoms with E-state index in [1.807, 2.05) is 54.6 Å². The number of ether oxygens (including phenoxy) is 2. The maximum absolute atomic E-state index is 12.0. The highest BCUT2D eigenvalue weighted by Gasteiger charge is 2.09. The van der Waals surface area contributed by atoms with Gasteiger partial charge in [0, 0.05) is 16.2 Å². The van der Waals surface area contributed by atoms with Gasteiger partial charge >= 0.3 is 5.97 Å². The van der Waals surface area contributed by atoms with E-state index in [0.29, 0.717) is 17.2 Å². The van der Waals surface area contributed by atoms with E-state index in [0.717, 1.165) is 10.0 Å². The summed E-state index contributed by atoms with van der Waals surface area (Å²) in [5.74, 6) is 0.420. The molecule has 3 rings (SSSR count). The van der Waals surface area contributed by atoms with E-state index in [-0.39, 0.29) is 13.0 Å². The average molecular weight is 440 g/mol. The van der Waals surface area contributed by atoms with Gasteiger partial charge in [-0.1, -0.05) is 52.3 Å².